The smallest absolute Gasteiger partial charge is 0.336 e. The SMILES string of the molecule is CCc1ccc2c(CSc3nnc(SCC(N)=O)s3)cc(=O)oc2c1. The Kier molecular flexibility index (Phi) is 5.77. The molecule has 0 bridgehead atoms. The van der Waals surface area contributed by atoms with Gasteiger partial charge in [-0.2, -0.15) is 0 Å². The molecule has 1 aromatic carbocycles. The van der Waals surface area contributed by atoms with Gasteiger partial charge in [0, 0.05) is 17.2 Å². The van der Waals surface area contributed by atoms with Gasteiger partial charge in [-0.3, -0.25) is 4.79 Å². The van der Waals surface area contributed by atoms with E-state index >= 15 is 0 Å². The Balaban J connectivity index is 1.77. The van der Waals surface area contributed by atoms with Gasteiger partial charge in [0.15, 0.2) is 8.68 Å². The molecule has 0 saturated heterocycles. The molecule has 2 N–H and O–H groups in total. The number of aromatic nitrogens is 2. The first-order valence-corrected chi connectivity index (χ1v) is 10.3. The van der Waals surface area contributed by atoms with E-state index in [-0.39, 0.29) is 17.3 Å². The van der Waals surface area contributed by atoms with Gasteiger partial charge in [0.1, 0.15) is 5.58 Å². The van der Waals surface area contributed by atoms with Gasteiger partial charge in [-0.1, -0.05) is 53.9 Å². The predicted molar refractivity (Wildman–Crippen MR) is 101 cm³/mol. The largest absolute Gasteiger partial charge is 0.423 e. The summed E-state index contributed by atoms with van der Waals surface area (Å²) < 4.78 is 6.79. The van der Waals surface area contributed by atoms with Crippen molar-refractivity contribution in [3.63, 3.8) is 0 Å². The number of carbonyl (C=O) groups excluding carboxylic acids is 1. The third-order valence-corrected chi connectivity index (χ3v) is 6.64. The predicted octanol–water partition coefficient (Wildman–Crippen LogP) is 3.08. The Morgan fingerprint density at radius 1 is 1.24 bits per heavy atom. The molecule has 0 radical (unpaired) electrons. The molecule has 3 aromatic rings. The van der Waals surface area contributed by atoms with Crippen molar-refractivity contribution >= 4 is 51.7 Å². The van der Waals surface area contributed by atoms with Crippen molar-refractivity contribution in [2.45, 2.75) is 27.8 Å². The molecular weight excluding hydrogens is 378 g/mol. The standard InChI is InChI=1S/C16H15N3O3S3/c1-2-9-3-4-11-10(6-14(21)22-12(11)5-9)7-23-15-18-19-16(25-15)24-8-13(17)20/h3-6H,2,7-8H2,1H3,(H2,17,20). The van der Waals surface area contributed by atoms with Gasteiger partial charge in [-0.05, 0) is 23.6 Å². The number of carbonyl (C=O) groups is 1. The van der Waals surface area contributed by atoms with Crippen LogP contribution in [-0.2, 0) is 17.0 Å². The molecule has 0 aliphatic heterocycles. The quantitative estimate of drug-likeness (QED) is 0.486. The average Bonchev–Trinajstić information content (AvgIpc) is 3.05. The van der Waals surface area contributed by atoms with Gasteiger partial charge in [-0.15, -0.1) is 10.2 Å². The minimum absolute atomic E-state index is 0.184. The van der Waals surface area contributed by atoms with E-state index < -0.39 is 0 Å². The minimum atomic E-state index is -0.386. The lowest BCUT2D eigenvalue weighted by Crippen LogP contribution is -2.12. The second-order valence-electron chi connectivity index (χ2n) is 5.15. The third kappa shape index (κ3) is 4.62. The van der Waals surface area contributed by atoms with E-state index in [9.17, 15) is 9.59 Å². The molecule has 0 aliphatic carbocycles. The number of nitrogens with two attached hydrogens (primary N) is 1. The summed E-state index contributed by atoms with van der Waals surface area (Å²) in [7, 11) is 0. The summed E-state index contributed by atoms with van der Waals surface area (Å²) in [5, 5.41) is 9.05. The molecule has 130 valence electrons. The number of benzene rings is 1. The van der Waals surface area contributed by atoms with Crippen molar-refractivity contribution in [1.82, 2.24) is 10.2 Å². The van der Waals surface area contributed by atoms with Crippen LogP contribution < -0.4 is 11.4 Å². The summed E-state index contributed by atoms with van der Waals surface area (Å²) in [6.45, 7) is 2.06. The molecule has 25 heavy (non-hydrogen) atoms. The Bertz CT molecular complexity index is 968. The molecular formula is C16H15N3O3S3. The van der Waals surface area contributed by atoms with Gasteiger partial charge < -0.3 is 10.2 Å². The zero-order chi connectivity index (χ0) is 17.8. The van der Waals surface area contributed by atoms with E-state index in [1.807, 2.05) is 18.2 Å². The van der Waals surface area contributed by atoms with E-state index in [1.165, 1.54) is 40.9 Å². The van der Waals surface area contributed by atoms with E-state index in [0.717, 1.165) is 27.3 Å². The van der Waals surface area contributed by atoms with Crippen LogP contribution in [0.3, 0.4) is 0 Å². The monoisotopic (exact) mass is 393 g/mol. The molecule has 0 atom stereocenters. The summed E-state index contributed by atoms with van der Waals surface area (Å²) in [5.41, 5.74) is 7.40. The minimum Gasteiger partial charge on any atom is -0.423 e. The van der Waals surface area contributed by atoms with Crippen LogP contribution in [-0.4, -0.2) is 21.9 Å². The molecule has 3 rings (SSSR count). The molecule has 0 aliphatic rings. The van der Waals surface area contributed by atoms with Crippen molar-refractivity contribution in [3.05, 3.63) is 45.8 Å². The number of fused-ring (bicyclic) bond motifs is 1. The molecule has 0 spiro atoms. The van der Waals surface area contributed by atoms with Crippen molar-refractivity contribution in [3.8, 4) is 0 Å². The lowest BCUT2D eigenvalue weighted by atomic mass is 10.1. The fourth-order valence-corrected chi connectivity index (χ4v) is 4.95. The van der Waals surface area contributed by atoms with Crippen LogP contribution in [0.2, 0.25) is 0 Å². The van der Waals surface area contributed by atoms with Crippen LogP contribution in [0.25, 0.3) is 11.0 Å². The van der Waals surface area contributed by atoms with Gasteiger partial charge in [0.2, 0.25) is 5.91 Å². The topological polar surface area (TPSA) is 99.1 Å². The second-order valence-corrected chi connectivity index (χ2v) is 8.57. The first kappa shape index (κ1) is 18.0. The van der Waals surface area contributed by atoms with E-state index in [0.29, 0.717) is 15.7 Å². The maximum absolute atomic E-state index is 11.8. The Morgan fingerprint density at radius 3 is 2.72 bits per heavy atom. The lowest BCUT2D eigenvalue weighted by Gasteiger charge is -2.05. The number of thioether (sulfide) groups is 2. The number of rotatable bonds is 7. The summed E-state index contributed by atoms with van der Waals surface area (Å²) in [4.78, 5) is 22.6. The number of nitrogens with zero attached hydrogens (tertiary/aromatic N) is 2. The lowest BCUT2D eigenvalue weighted by molar-refractivity contribution is -0.115. The molecule has 2 aromatic heterocycles. The van der Waals surface area contributed by atoms with Gasteiger partial charge in [0.25, 0.3) is 0 Å². The summed E-state index contributed by atoms with van der Waals surface area (Å²) in [5.74, 6) is 0.384. The highest BCUT2D eigenvalue weighted by Gasteiger charge is 2.10. The molecule has 1 amide bonds. The highest BCUT2D eigenvalue weighted by atomic mass is 32.2. The molecule has 2 heterocycles. The van der Waals surface area contributed by atoms with Crippen molar-refractivity contribution < 1.29 is 9.21 Å². The second kappa shape index (κ2) is 8.03. The summed E-state index contributed by atoms with van der Waals surface area (Å²) in [6.07, 6.45) is 0.884. The molecule has 0 saturated carbocycles. The van der Waals surface area contributed by atoms with Crippen LogP contribution in [0.5, 0.6) is 0 Å². The maximum atomic E-state index is 11.8. The number of hydrogen-bond donors (Lipinski definition) is 1. The maximum Gasteiger partial charge on any atom is 0.336 e. The number of hydrogen-bond acceptors (Lipinski definition) is 8. The number of aryl methyl sites for hydroxylation is 1. The third-order valence-electron chi connectivity index (χ3n) is 3.38. The van der Waals surface area contributed by atoms with Crippen molar-refractivity contribution in [2.24, 2.45) is 5.73 Å². The van der Waals surface area contributed by atoms with E-state index in [4.69, 9.17) is 10.2 Å². The summed E-state index contributed by atoms with van der Waals surface area (Å²) >= 11 is 4.17. The van der Waals surface area contributed by atoms with Gasteiger partial charge in [0.05, 0.1) is 5.75 Å². The number of primary amides is 1. The van der Waals surface area contributed by atoms with Gasteiger partial charge in [-0.25, -0.2) is 4.79 Å². The van der Waals surface area contributed by atoms with Crippen LogP contribution in [0.4, 0.5) is 0 Å². The molecule has 0 fully saturated rings. The molecule has 6 nitrogen and oxygen atoms in total. The van der Waals surface area contributed by atoms with E-state index in [2.05, 4.69) is 17.1 Å². The number of amides is 1. The van der Waals surface area contributed by atoms with Crippen LogP contribution >= 0.6 is 34.9 Å². The highest BCUT2D eigenvalue weighted by Crippen LogP contribution is 2.32. The van der Waals surface area contributed by atoms with Crippen molar-refractivity contribution in [2.75, 3.05) is 5.75 Å². The van der Waals surface area contributed by atoms with Crippen molar-refractivity contribution in [1.29, 1.82) is 0 Å². The Hall–Kier alpha value is -1.84. The first-order chi connectivity index (χ1) is 12.0. The molecule has 9 heteroatoms. The zero-order valence-electron chi connectivity index (χ0n) is 13.4. The Labute approximate surface area is 156 Å². The fourth-order valence-electron chi connectivity index (χ4n) is 2.20. The van der Waals surface area contributed by atoms with Crippen LogP contribution in [0, 0.1) is 0 Å². The van der Waals surface area contributed by atoms with Gasteiger partial charge >= 0.3 is 5.63 Å². The zero-order valence-corrected chi connectivity index (χ0v) is 15.8. The summed E-state index contributed by atoms with van der Waals surface area (Å²) in [6, 6.07) is 7.46. The van der Waals surface area contributed by atoms with E-state index in [1.54, 1.807) is 0 Å². The van der Waals surface area contributed by atoms with Crippen LogP contribution in [0.15, 0.2) is 42.2 Å². The Morgan fingerprint density at radius 2 is 2.00 bits per heavy atom. The molecule has 0 unspecified atom stereocenters. The fraction of sp³-hybridized carbons (Fsp3) is 0.250. The first-order valence-electron chi connectivity index (χ1n) is 7.48. The van der Waals surface area contributed by atoms with Crippen LogP contribution in [0.1, 0.15) is 18.1 Å². The highest BCUT2D eigenvalue weighted by molar-refractivity contribution is 8.03. The normalized spacial score (nSPS) is 11.1. The average molecular weight is 394 g/mol.